The molecule has 0 bridgehead atoms. The van der Waals surface area contributed by atoms with Gasteiger partial charge in [-0.3, -0.25) is 4.79 Å². The molecule has 1 aromatic rings. The van der Waals surface area contributed by atoms with E-state index in [2.05, 4.69) is 5.32 Å². The van der Waals surface area contributed by atoms with Gasteiger partial charge in [0.1, 0.15) is 0 Å². The van der Waals surface area contributed by atoms with E-state index in [0.717, 1.165) is 0 Å². The van der Waals surface area contributed by atoms with E-state index < -0.39 is 0 Å². The topological polar surface area (TPSA) is 32.3 Å². The second-order valence-corrected chi connectivity index (χ2v) is 5.47. The molecule has 0 aliphatic carbocycles. The maximum Gasteiger partial charge on any atom is 0.239 e. The Kier molecular flexibility index (Phi) is 6.40. The largest absolute Gasteiger partial charge is 0.345 e. The van der Waals surface area contributed by atoms with Crippen LogP contribution in [0.1, 0.15) is 19.4 Å². The Morgan fingerprint density at radius 1 is 1.32 bits per heavy atom. The van der Waals surface area contributed by atoms with Crippen molar-refractivity contribution in [2.75, 3.05) is 13.6 Å². The van der Waals surface area contributed by atoms with E-state index in [1.807, 2.05) is 6.92 Å². The maximum absolute atomic E-state index is 11.9. The Morgan fingerprint density at radius 2 is 1.89 bits per heavy atom. The third-order valence-corrected chi connectivity index (χ3v) is 4.14. The van der Waals surface area contributed by atoms with Crippen molar-refractivity contribution in [1.82, 2.24) is 10.2 Å². The van der Waals surface area contributed by atoms with Crippen LogP contribution in [0.3, 0.4) is 0 Å². The Hall–Kier alpha value is -0.480. The molecule has 0 aromatic heterocycles. The van der Waals surface area contributed by atoms with Crippen LogP contribution in [0.15, 0.2) is 12.1 Å². The fraction of sp³-hybridized carbons (Fsp3) is 0.462. The van der Waals surface area contributed by atoms with Gasteiger partial charge in [-0.1, -0.05) is 34.8 Å². The van der Waals surface area contributed by atoms with Crippen LogP contribution in [0.5, 0.6) is 0 Å². The highest BCUT2D eigenvalue weighted by Crippen LogP contribution is 2.31. The number of hydrogen-bond donors (Lipinski definition) is 1. The molecule has 1 aromatic carbocycles. The van der Waals surface area contributed by atoms with E-state index in [4.69, 9.17) is 34.8 Å². The van der Waals surface area contributed by atoms with Crippen LogP contribution in [0.25, 0.3) is 0 Å². The van der Waals surface area contributed by atoms with Crippen molar-refractivity contribution in [3.8, 4) is 0 Å². The molecule has 106 valence electrons. The zero-order chi connectivity index (χ0) is 14.6. The Labute approximate surface area is 128 Å². The summed E-state index contributed by atoms with van der Waals surface area (Å²) in [5, 5.41) is 4.51. The highest BCUT2D eigenvalue weighted by molar-refractivity contribution is 6.44. The Morgan fingerprint density at radius 3 is 2.47 bits per heavy atom. The average Bonchev–Trinajstić information content (AvgIpc) is 2.41. The van der Waals surface area contributed by atoms with Crippen LogP contribution < -0.4 is 5.32 Å². The van der Waals surface area contributed by atoms with E-state index in [-0.39, 0.29) is 11.9 Å². The van der Waals surface area contributed by atoms with E-state index in [1.165, 1.54) is 0 Å². The van der Waals surface area contributed by atoms with Gasteiger partial charge in [-0.15, -0.1) is 0 Å². The van der Waals surface area contributed by atoms with Crippen LogP contribution in [0.2, 0.25) is 15.1 Å². The van der Waals surface area contributed by atoms with E-state index in [9.17, 15) is 4.79 Å². The third kappa shape index (κ3) is 4.25. The van der Waals surface area contributed by atoms with Gasteiger partial charge >= 0.3 is 0 Å². The zero-order valence-electron chi connectivity index (χ0n) is 11.1. The van der Waals surface area contributed by atoms with Crippen molar-refractivity contribution in [2.45, 2.75) is 26.4 Å². The molecule has 0 aliphatic heterocycles. The van der Waals surface area contributed by atoms with Gasteiger partial charge < -0.3 is 10.2 Å². The lowest BCUT2D eigenvalue weighted by Gasteiger charge is -2.21. The quantitative estimate of drug-likeness (QED) is 0.840. The lowest BCUT2D eigenvalue weighted by Crippen LogP contribution is -2.42. The molecule has 0 fully saturated rings. The average molecular weight is 324 g/mol. The standard InChI is InChI=1S/C13H17Cl3N2O/c1-4-18(3)13(19)8(2)17-7-9-10(14)5-6-11(15)12(9)16/h5-6,8,17H,4,7H2,1-3H3. The van der Waals surface area contributed by atoms with Crippen LogP contribution in [0, 0.1) is 0 Å². The highest BCUT2D eigenvalue weighted by atomic mass is 35.5. The number of rotatable bonds is 5. The number of likely N-dealkylation sites (N-methyl/N-ethyl adjacent to an activating group) is 1. The summed E-state index contributed by atoms with van der Waals surface area (Å²) in [6.07, 6.45) is 0. The molecule has 1 amide bonds. The maximum atomic E-state index is 11.9. The second-order valence-electron chi connectivity index (χ2n) is 4.28. The van der Waals surface area contributed by atoms with Gasteiger partial charge in [-0.2, -0.15) is 0 Å². The Bertz CT molecular complexity index is 465. The highest BCUT2D eigenvalue weighted by Gasteiger charge is 2.17. The number of carbonyl (C=O) groups is 1. The molecule has 3 nitrogen and oxygen atoms in total. The molecule has 0 saturated carbocycles. The smallest absolute Gasteiger partial charge is 0.239 e. The SMILES string of the molecule is CCN(C)C(=O)C(C)NCc1c(Cl)ccc(Cl)c1Cl. The minimum absolute atomic E-state index is 0.0248. The van der Waals surface area contributed by atoms with Crippen molar-refractivity contribution < 1.29 is 4.79 Å². The first-order chi connectivity index (χ1) is 8.88. The van der Waals surface area contributed by atoms with Gasteiger partial charge in [-0.05, 0) is 26.0 Å². The Balaban J connectivity index is 2.72. The number of carbonyl (C=O) groups excluding carboxylic acids is 1. The molecule has 1 atom stereocenters. The minimum atomic E-state index is -0.309. The number of halogens is 3. The van der Waals surface area contributed by atoms with Crippen LogP contribution in [0.4, 0.5) is 0 Å². The summed E-state index contributed by atoms with van der Waals surface area (Å²) in [6.45, 7) is 4.79. The predicted octanol–water partition coefficient (Wildman–Crippen LogP) is 3.60. The van der Waals surface area contributed by atoms with Crippen LogP contribution in [-0.4, -0.2) is 30.4 Å². The van der Waals surface area contributed by atoms with E-state index >= 15 is 0 Å². The molecule has 1 N–H and O–H groups in total. The monoisotopic (exact) mass is 322 g/mol. The van der Waals surface area contributed by atoms with Gasteiger partial charge in [0.25, 0.3) is 0 Å². The van der Waals surface area contributed by atoms with E-state index in [1.54, 1.807) is 31.0 Å². The molecule has 0 aliphatic rings. The van der Waals surface area contributed by atoms with Crippen molar-refractivity contribution >= 4 is 40.7 Å². The normalized spacial score (nSPS) is 12.3. The summed E-state index contributed by atoms with van der Waals surface area (Å²) in [5.41, 5.74) is 0.703. The summed E-state index contributed by atoms with van der Waals surface area (Å²) in [4.78, 5) is 13.6. The van der Waals surface area contributed by atoms with Crippen molar-refractivity contribution in [3.05, 3.63) is 32.8 Å². The zero-order valence-corrected chi connectivity index (χ0v) is 13.4. The number of hydrogen-bond acceptors (Lipinski definition) is 2. The summed E-state index contributed by atoms with van der Waals surface area (Å²) >= 11 is 18.1. The van der Waals surface area contributed by atoms with Gasteiger partial charge in [0.05, 0.1) is 16.1 Å². The van der Waals surface area contributed by atoms with Gasteiger partial charge in [0.15, 0.2) is 0 Å². The fourth-order valence-electron chi connectivity index (χ4n) is 1.56. The minimum Gasteiger partial charge on any atom is -0.345 e. The first-order valence-corrected chi connectivity index (χ1v) is 7.12. The first kappa shape index (κ1) is 16.6. The molecule has 0 heterocycles. The number of amides is 1. The van der Waals surface area contributed by atoms with Crippen LogP contribution >= 0.6 is 34.8 Å². The third-order valence-electron chi connectivity index (χ3n) is 2.94. The molecule has 19 heavy (non-hydrogen) atoms. The summed E-state index contributed by atoms with van der Waals surface area (Å²) in [5.74, 6) is 0.0248. The summed E-state index contributed by atoms with van der Waals surface area (Å²) in [7, 11) is 1.76. The van der Waals surface area contributed by atoms with Crippen molar-refractivity contribution in [3.63, 3.8) is 0 Å². The molecular weight excluding hydrogens is 307 g/mol. The van der Waals surface area contributed by atoms with Crippen molar-refractivity contribution in [2.24, 2.45) is 0 Å². The van der Waals surface area contributed by atoms with Crippen molar-refractivity contribution in [1.29, 1.82) is 0 Å². The number of benzene rings is 1. The van der Waals surface area contributed by atoms with Gasteiger partial charge in [0.2, 0.25) is 5.91 Å². The van der Waals surface area contributed by atoms with Crippen LogP contribution in [-0.2, 0) is 11.3 Å². The van der Waals surface area contributed by atoms with E-state index in [0.29, 0.717) is 33.7 Å². The molecule has 0 radical (unpaired) electrons. The lowest BCUT2D eigenvalue weighted by atomic mass is 10.2. The molecule has 1 rings (SSSR count). The summed E-state index contributed by atoms with van der Waals surface area (Å²) in [6, 6.07) is 3.03. The van der Waals surface area contributed by atoms with Gasteiger partial charge in [-0.25, -0.2) is 0 Å². The summed E-state index contributed by atoms with van der Waals surface area (Å²) < 4.78 is 0. The molecule has 0 spiro atoms. The first-order valence-electron chi connectivity index (χ1n) is 5.99. The van der Waals surface area contributed by atoms with Gasteiger partial charge in [0, 0.05) is 30.7 Å². The fourth-order valence-corrected chi connectivity index (χ4v) is 2.24. The molecule has 0 saturated heterocycles. The molecule has 6 heteroatoms. The number of nitrogens with zero attached hydrogens (tertiary/aromatic N) is 1. The predicted molar refractivity (Wildman–Crippen MR) is 81.1 cm³/mol. The molecular formula is C13H17Cl3N2O. The number of nitrogens with one attached hydrogen (secondary N) is 1. The lowest BCUT2D eigenvalue weighted by molar-refractivity contribution is -0.131. The second kappa shape index (κ2) is 7.34. The molecule has 1 unspecified atom stereocenters.